The molecule has 3 aromatic rings. The van der Waals surface area contributed by atoms with Crippen molar-refractivity contribution in [2.24, 2.45) is 0 Å². The van der Waals surface area contributed by atoms with Gasteiger partial charge < -0.3 is 14.4 Å². The van der Waals surface area contributed by atoms with Gasteiger partial charge >= 0.3 is 5.76 Å². The standard InChI is InChI=1S/C21H22N2O4/c1-15-7-8-18-17(13-15)23(20(25)27-18)11-9-19(24)22-12-10-21(26,14-22)16-5-3-2-4-6-16/h2-8,13,26H,9-12,14H2,1H3. The number of aryl methyl sites for hydroxylation is 2. The summed E-state index contributed by atoms with van der Waals surface area (Å²) in [5.74, 6) is -0.527. The van der Waals surface area contributed by atoms with E-state index in [0.29, 0.717) is 24.1 Å². The van der Waals surface area contributed by atoms with Crippen LogP contribution < -0.4 is 5.76 Å². The molecule has 2 heterocycles. The number of aliphatic hydroxyl groups is 1. The number of carbonyl (C=O) groups excluding carboxylic acids is 1. The molecule has 1 aromatic heterocycles. The topological polar surface area (TPSA) is 75.7 Å². The number of likely N-dealkylation sites (tertiary alicyclic amines) is 1. The Labute approximate surface area is 156 Å². The fourth-order valence-electron chi connectivity index (χ4n) is 3.74. The predicted molar refractivity (Wildman–Crippen MR) is 101 cm³/mol. The molecule has 1 fully saturated rings. The largest absolute Gasteiger partial charge is 0.419 e. The molecule has 0 spiro atoms. The quantitative estimate of drug-likeness (QED) is 0.769. The minimum Gasteiger partial charge on any atom is -0.408 e. The lowest BCUT2D eigenvalue weighted by molar-refractivity contribution is -0.131. The average molecular weight is 366 g/mol. The molecular formula is C21H22N2O4. The fraction of sp³-hybridized carbons (Fsp3) is 0.333. The van der Waals surface area contributed by atoms with Crippen molar-refractivity contribution in [2.75, 3.05) is 13.1 Å². The van der Waals surface area contributed by atoms with E-state index in [0.717, 1.165) is 11.1 Å². The zero-order valence-corrected chi connectivity index (χ0v) is 15.2. The third-order valence-electron chi connectivity index (χ3n) is 5.28. The summed E-state index contributed by atoms with van der Waals surface area (Å²) < 4.78 is 6.74. The molecule has 0 saturated carbocycles. The van der Waals surface area contributed by atoms with Crippen LogP contribution in [0.4, 0.5) is 0 Å². The van der Waals surface area contributed by atoms with Gasteiger partial charge in [-0.1, -0.05) is 36.4 Å². The second-order valence-corrected chi connectivity index (χ2v) is 7.20. The zero-order chi connectivity index (χ0) is 19.0. The van der Waals surface area contributed by atoms with Gasteiger partial charge in [0.1, 0.15) is 5.60 Å². The lowest BCUT2D eigenvalue weighted by Crippen LogP contribution is -2.35. The first-order valence-electron chi connectivity index (χ1n) is 9.12. The summed E-state index contributed by atoms with van der Waals surface area (Å²) in [6.45, 7) is 2.98. The molecule has 1 amide bonds. The summed E-state index contributed by atoms with van der Waals surface area (Å²) >= 11 is 0. The highest BCUT2D eigenvalue weighted by atomic mass is 16.4. The highest BCUT2D eigenvalue weighted by Crippen LogP contribution is 2.32. The average Bonchev–Trinajstić information content (AvgIpc) is 3.21. The van der Waals surface area contributed by atoms with Crippen LogP contribution in [0.3, 0.4) is 0 Å². The third-order valence-corrected chi connectivity index (χ3v) is 5.28. The molecule has 1 aliphatic rings. The summed E-state index contributed by atoms with van der Waals surface area (Å²) in [4.78, 5) is 26.4. The molecule has 27 heavy (non-hydrogen) atoms. The monoisotopic (exact) mass is 366 g/mol. The smallest absolute Gasteiger partial charge is 0.408 e. The SMILES string of the molecule is Cc1ccc2oc(=O)n(CCC(=O)N3CCC(O)(c4ccccc4)C3)c2c1. The van der Waals surface area contributed by atoms with Gasteiger partial charge in [-0.05, 0) is 36.6 Å². The first kappa shape index (κ1) is 17.5. The molecule has 140 valence electrons. The van der Waals surface area contributed by atoms with Crippen LogP contribution in [-0.4, -0.2) is 33.6 Å². The Morgan fingerprint density at radius 3 is 2.78 bits per heavy atom. The van der Waals surface area contributed by atoms with Crippen molar-refractivity contribution in [3.63, 3.8) is 0 Å². The molecular weight excluding hydrogens is 344 g/mol. The summed E-state index contributed by atoms with van der Waals surface area (Å²) in [6, 6.07) is 15.0. The van der Waals surface area contributed by atoms with Crippen molar-refractivity contribution in [1.82, 2.24) is 9.47 Å². The third kappa shape index (κ3) is 3.28. The highest BCUT2D eigenvalue weighted by molar-refractivity contribution is 5.77. The van der Waals surface area contributed by atoms with Crippen LogP contribution >= 0.6 is 0 Å². The normalized spacial score (nSPS) is 19.7. The molecule has 0 aliphatic carbocycles. The van der Waals surface area contributed by atoms with Crippen molar-refractivity contribution in [3.8, 4) is 0 Å². The first-order valence-corrected chi connectivity index (χ1v) is 9.12. The molecule has 4 rings (SSSR count). The van der Waals surface area contributed by atoms with Crippen LogP contribution in [0.5, 0.6) is 0 Å². The second-order valence-electron chi connectivity index (χ2n) is 7.20. The molecule has 1 N–H and O–H groups in total. The van der Waals surface area contributed by atoms with Crippen LogP contribution in [0.1, 0.15) is 24.0 Å². The molecule has 2 aromatic carbocycles. The van der Waals surface area contributed by atoms with E-state index in [2.05, 4.69) is 0 Å². The summed E-state index contributed by atoms with van der Waals surface area (Å²) in [7, 11) is 0. The van der Waals surface area contributed by atoms with E-state index < -0.39 is 11.4 Å². The Hall–Kier alpha value is -2.86. The van der Waals surface area contributed by atoms with Gasteiger partial charge in [0.25, 0.3) is 0 Å². The van der Waals surface area contributed by atoms with Gasteiger partial charge in [-0.25, -0.2) is 4.79 Å². The minimum atomic E-state index is -1.01. The van der Waals surface area contributed by atoms with Gasteiger partial charge in [0.2, 0.25) is 5.91 Å². The number of aromatic nitrogens is 1. The van der Waals surface area contributed by atoms with Crippen molar-refractivity contribution < 1.29 is 14.3 Å². The van der Waals surface area contributed by atoms with Gasteiger partial charge in [0, 0.05) is 19.5 Å². The summed E-state index contributed by atoms with van der Waals surface area (Å²) in [5, 5.41) is 10.9. The van der Waals surface area contributed by atoms with Crippen LogP contribution in [0.25, 0.3) is 11.1 Å². The van der Waals surface area contributed by atoms with E-state index in [1.807, 2.05) is 49.4 Å². The Morgan fingerprint density at radius 1 is 1.22 bits per heavy atom. The molecule has 0 radical (unpaired) electrons. The van der Waals surface area contributed by atoms with Crippen molar-refractivity contribution in [3.05, 3.63) is 70.2 Å². The number of benzene rings is 2. The van der Waals surface area contributed by atoms with E-state index in [1.54, 1.807) is 11.0 Å². The molecule has 1 aliphatic heterocycles. The maximum atomic E-state index is 12.6. The number of oxazole rings is 1. The zero-order valence-electron chi connectivity index (χ0n) is 15.2. The molecule has 1 saturated heterocycles. The Morgan fingerprint density at radius 2 is 2.00 bits per heavy atom. The van der Waals surface area contributed by atoms with E-state index in [4.69, 9.17) is 4.42 Å². The number of rotatable bonds is 4. The number of β-amino-alcohol motifs (C(OH)–C–C–N with tert-alkyl or cyclic N) is 1. The van der Waals surface area contributed by atoms with Crippen molar-refractivity contribution >= 4 is 17.0 Å². The van der Waals surface area contributed by atoms with Gasteiger partial charge in [0.05, 0.1) is 12.1 Å². The second kappa shape index (κ2) is 6.70. The maximum absolute atomic E-state index is 12.6. The molecule has 6 nitrogen and oxygen atoms in total. The Kier molecular flexibility index (Phi) is 4.36. The minimum absolute atomic E-state index is 0.0734. The molecule has 1 unspecified atom stereocenters. The summed E-state index contributed by atoms with van der Waals surface area (Å²) in [5.41, 5.74) is 2.07. The first-order chi connectivity index (χ1) is 13.0. The van der Waals surface area contributed by atoms with Crippen LogP contribution in [0.2, 0.25) is 0 Å². The summed E-state index contributed by atoms with van der Waals surface area (Å²) in [6.07, 6.45) is 0.698. The number of hydrogen-bond donors (Lipinski definition) is 1. The van der Waals surface area contributed by atoms with Gasteiger partial charge in [0.15, 0.2) is 5.58 Å². The van der Waals surface area contributed by atoms with E-state index in [9.17, 15) is 14.7 Å². The number of fused-ring (bicyclic) bond motifs is 1. The molecule has 6 heteroatoms. The van der Waals surface area contributed by atoms with Crippen LogP contribution in [0.15, 0.2) is 57.7 Å². The van der Waals surface area contributed by atoms with E-state index in [1.165, 1.54) is 4.57 Å². The van der Waals surface area contributed by atoms with Gasteiger partial charge in [-0.3, -0.25) is 9.36 Å². The van der Waals surface area contributed by atoms with Crippen LogP contribution in [0, 0.1) is 6.92 Å². The lowest BCUT2D eigenvalue weighted by atomic mass is 9.93. The van der Waals surface area contributed by atoms with E-state index >= 15 is 0 Å². The molecule has 1 atom stereocenters. The van der Waals surface area contributed by atoms with Crippen molar-refractivity contribution in [2.45, 2.75) is 31.9 Å². The number of carbonyl (C=O) groups is 1. The van der Waals surface area contributed by atoms with Crippen molar-refractivity contribution in [1.29, 1.82) is 0 Å². The Bertz CT molecular complexity index is 1040. The number of amides is 1. The lowest BCUT2D eigenvalue weighted by Gasteiger charge is -2.24. The number of hydrogen-bond acceptors (Lipinski definition) is 4. The van der Waals surface area contributed by atoms with E-state index in [-0.39, 0.29) is 25.4 Å². The highest BCUT2D eigenvalue weighted by Gasteiger charge is 2.39. The van der Waals surface area contributed by atoms with Crippen LogP contribution in [-0.2, 0) is 16.9 Å². The Balaban J connectivity index is 1.46. The predicted octanol–water partition coefficient (Wildman–Crippen LogP) is 2.41. The maximum Gasteiger partial charge on any atom is 0.419 e. The number of nitrogens with zero attached hydrogens (tertiary/aromatic N) is 2. The fourth-order valence-corrected chi connectivity index (χ4v) is 3.74. The van der Waals surface area contributed by atoms with Gasteiger partial charge in [-0.2, -0.15) is 0 Å². The molecule has 0 bridgehead atoms. The van der Waals surface area contributed by atoms with Gasteiger partial charge in [-0.15, -0.1) is 0 Å².